The van der Waals surface area contributed by atoms with Crippen LogP contribution in [0.25, 0.3) is 0 Å². The Balaban J connectivity index is 1.37. The van der Waals surface area contributed by atoms with Crippen molar-refractivity contribution < 1.29 is 32.2 Å². The van der Waals surface area contributed by atoms with Crippen LogP contribution >= 0.6 is 0 Å². The fourth-order valence-electron chi connectivity index (χ4n) is 2.78. The number of esters is 1. The van der Waals surface area contributed by atoms with E-state index < -0.39 is 21.7 Å². The van der Waals surface area contributed by atoms with Crippen molar-refractivity contribution in [3.63, 3.8) is 0 Å². The molecule has 2 aliphatic heterocycles. The van der Waals surface area contributed by atoms with Crippen LogP contribution in [0.15, 0.2) is 18.2 Å². The topological polar surface area (TPSA) is 108 Å². The van der Waals surface area contributed by atoms with E-state index in [2.05, 4.69) is 5.32 Å². The Hall–Kier alpha value is -2.29. The molecule has 136 valence electrons. The van der Waals surface area contributed by atoms with E-state index in [1.54, 1.807) is 18.2 Å². The van der Waals surface area contributed by atoms with Gasteiger partial charge in [-0.25, -0.2) is 8.42 Å². The second kappa shape index (κ2) is 7.30. The SMILES string of the molecule is O=C(COC(=O)C[C@@H]1CCS(=O)(=O)C1)NCc1ccc2c(c1)OCO2. The molecule has 0 saturated carbocycles. The number of hydrogen-bond donors (Lipinski definition) is 1. The van der Waals surface area contributed by atoms with Crippen molar-refractivity contribution in [3.05, 3.63) is 23.8 Å². The molecule has 1 aromatic rings. The molecule has 1 saturated heterocycles. The summed E-state index contributed by atoms with van der Waals surface area (Å²) in [6.45, 7) is 0.0696. The van der Waals surface area contributed by atoms with Gasteiger partial charge < -0.3 is 19.5 Å². The van der Waals surface area contributed by atoms with Gasteiger partial charge in [0.2, 0.25) is 6.79 Å². The lowest BCUT2D eigenvalue weighted by molar-refractivity contribution is -0.149. The molecular weight excluding hydrogens is 350 g/mol. The molecule has 0 radical (unpaired) electrons. The zero-order valence-electron chi connectivity index (χ0n) is 13.5. The number of fused-ring (bicyclic) bond motifs is 1. The fraction of sp³-hybridized carbons (Fsp3) is 0.500. The molecule has 2 aliphatic rings. The number of carbonyl (C=O) groups is 2. The highest BCUT2D eigenvalue weighted by Crippen LogP contribution is 2.32. The Morgan fingerprint density at radius 3 is 2.80 bits per heavy atom. The second-order valence-corrected chi connectivity index (χ2v) is 8.33. The number of benzene rings is 1. The summed E-state index contributed by atoms with van der Waals surface area (Å²) in [5.41, 5.74) is 0.833. The molecule has 0 aromatic heterocycles. The molecule has 3 rings (SSSR count). The first-order valence-electron chi connectivity index (χ1n) is 7.92. The van der Waals surface area contributed by atoms with Gasteiger partial charge in [0.05, 0.1) is 11.5 Å². The molecule has 1 fully saturated rings. The molecule has 1 atom stereocenters. The maximum absolute atomic E-state index is 11.8. The maximum Gasteiger partial charge on any atom is 0.306 e. The Morgan fingerprint density at radius 1 is 1.24 bits per heavy atom. The summed E-state index contributed by atoms with van der Waals surface area (Å²) < 4.78 is 38.1. The van der Waals surface area contributed by atoms with Crippen molar-refractivity contribution in [3.8, 4) is 11.5 Å². The van der Waals surface area contributed by atoms with Gasteiger partial charge in [-0.05, 0) is 30.0 Å². The van der Waals surface area contributed by atoms with Gasteiger partial charge in [0, 0.05) is 13.0 Å². The van der Waals surface area contributed by atoms with E-state index in [-0.39, 0.29) is 43.8 Å². The maximum atomic E-state index is 11.8. The number of amides is 1. The zero-order chi connectivity index (χ0) is 17.9. The lowest BCUT2D eigenvalue weighted by Gasteiger charge is -2.09. The van der Waals surface area contributed by atoms with E-state index in [9.17, 15) is 18.0 Å². The Bertz CT molecular complexity index is 775. The second-order valence-electron chi connectivity index (χ2n) is 6.10. The van der Waals surface area contributed by atoms with Crippen LogP contribution < -0.4 is 14.8 Å². The van der Waals surface area contributed by atoms with E-state index >= 15 is 0 Å². The molecule has 0 aliphatic carbocycles. The first kappa shape index (κ1) is 17.5. The van der Waals surface area contributed by atoms with Gasteiger partial charge in [-0.2, -0.15) is 0 Å². The van der Waals surface area contributed by atoms with Crippen molar-refractivity contribution in [2.24, 2.45) is 5.92 Å². The monoisotopic (exact) mass is 369 g/mol. The molecule has 8 nitrogen and oxygen atoms in total. The Morgan fingerprint density at radius 2 is 2.04 bits per heavy atom. The van der Waals surface area contributed by atoms with Crippen molar-refractivity contribution in [1.29, 1.82) is 0 Å². The predicted molar refractivity (Wildman–Crippen MR) is 86.7 cm³/mol. The van der Waals surface area contributed by atoms with E-state index in [0.29, 0.717) is 17.9 Å². The average Bonchev–Trinajstić information content (AvgIpc) is 3.16. The Kier molecular flexibility index (Phi) is 5.12. The first-order chi connectivity index (χ1) is 11.9. The van der Waals surface area contributed by atoms with Crippen LogP contribution in [0.2, 0.25) is 0 Å². The average molecular weight is 369 g/mol. The van der Waals surface area contributed by atoms with Crippen molar-refractivity contribution >= 4 is 21.7 Å². The molecule has 0 spiro atoms. The van der Waals surface area contributed by atoms with Crippen LogP contribution in [0.5, 0.6) is 11.5 Å². The minimum atomic E-state index is -3.02. The quantitative estimate of drug-likeness (QED) is 0.723. The number of hydrogen-bond acceptors (Lipinski definition) is 7. The standard InChI is InChI=1S/C16H19NO7S/c18-15(8-22-16(19)6-12-3-4-25(20,21)9-12)17-7-11-1-2-13-14(5-11)24-10-23-13/h1-2,5,12H,3-4,6-10H2,(H,17,18)/t12-/m0/s1. The van der Waals surface area contributed by atoms with Crippen molar-refractivity contribution in [1.82, 2.24) is 5.32 Å². The van der Waals surface area contributed by atoms with E-state index in [1.807, 2.05) is 0 Å². The summed E-state index contributed by atoms with van der Waals surface area (Å²) in [6, 6.07) is 5.34. The number of ether oxygens (including phenoxy) is 3. The Labute approximate surface area is 145 Å². The van der Waals surface area contributed by atoms with Crippen LogP contribution in [-0.4, -0.2) is 45.2 Å². The molecule has 0 unspecified atom stereocenters. The summed E-state index contributed by atoms with van der Waals surface area (Å²) >= 11 is 0. The number of nitrogens with one attached hydrogen (secondary N) is 1. The van der Waals surface area contributed by atoms with Gasteiger partial charge in [0.1, 0.15) is 0 Å². The molecule has 0 bridgehead atoms. The summed E-state index contributed by atoms with van der Waals surface area (Å²) in [7, 11) is -3.02. The van der Waals surface area contributed by atoms with Gasteiger partial charge in [-0.1, -0.05) is 6.07 Å². The first-order valence-corrected chi connectivity index (χ1v) is 9.75. The van der Waals surface area contributed by atoms with E-state index in [4.69, 9.17) is 14.2 Å². The summed E-state index contributed by atoms with van der Waals surface area (Å²) in [4.78, 5) is 23.4. The third-order valence-electron chi connectivity index (χ3n) is 4.07. The van der Waals surface area contributed by atoms with Crippen molar-refractivity contribution in [2.45, 2.75) is 19.4 Å². The minimum absolute atomic E-state index is 0.0123. The summed E-state index contributed by atoms with van der Waals surface area (Å²) in [5, 5.41) is 2.64. The predicted octanol–water partition coefficient (Wildman–Crippen LogP) is 0.400. The van der Waals surface area contributed by atoms with Crippen LogP contribution in [0.1, 0.15) is 18.4 Å². The third kappa shape index (κ3) is 4.85. The highest BCUT2D eigenvalue weighted by molar-refractivity contribution is 7.91. The normalized spacial score (nSPS) is 20.2. The van der Waals surface area contributed by atoms with Gasteiger partial charge in [0.25, 0.3) is 5.91 Å². The highest BCUT2D eigenvalue weighted by Gasteiger charge is 2.30. The van der Waals surface area contributed by atoms with Gasteiger partial charge in [0.15, 0.2) is 27.9 Å². The molecule has 1 aromatic carbocycles. The molecule has 9 heteroatoms. The van der Waals surface area contributed by atoms with Crippen LogP contribution in [0.3, 0.4) is 0 Å². The summed E-state index contributed by atoms with van der Waals surface area (Å²) in [6.07, 6.45) is 0.489. The van der Waals surface area contributed by atoms with Gasteiger partial charge in [-0.3, -0.25) is 9.59 Å². The molecule has 25 heavy (non-hydrogen) atoms. The largest absolute Gasteiger partial charge is 0.456 e. The minimum Gasteiger partial charge on any atom is -0.456 e. The van der Waals surface area contributed by atoms with Crippen molar-refractivity contribution in [2.75, 3.05) is 24.9 Å². The number of sulfone groups is 1. The lowest BCUT2D eigenvalue weighted by Crippen LogP contribution is -2.28. The smallest absolute Gasteiger partial charge is 0.306 e. The molecule has 1 amide bonds. The van der Waals surface area contributed by atoms with Crippen LogP contribution in [0.4, 0.5) is 0 Å². The zero-order valence-corrected chi connectivity index (χ0v) is 14.3. The molecule has 2 heterocycles. The summed E-state index contributed by atoms with van der Waals surface area (Å²) in [5.74, 6) is 0.224. The van der Waals surface area contributed by atoms with E-state index in [1.165, 1.54) is 0 Å². The van der Waals surface area contributed by atoms with E-state index in [0.717, 1.165) is 5.56 Å². The number of rotatable bonds is 6. The lowest BCUT2D eigenvalue weighted by atomic mass is 10.1. The molecule has 1 N–H and O–H groups in total. The van der Waals surface area contributed by atoms with Gasteiger partial charge in [-0.15, -0.1) is 0 Å². The molecular formula is C16H19NO7S. The van der Waals surface area contributed by atoms with Gasteiger partial charge >= 0.3 is 5.97 Å². The highest BCUT2D eigenvalue weighted by atomic mass is 32.2. The number of carbonyl (C=O) groups excluding carboxylic acids is 2. The fourth-order valence-corrected chi connectivity index (χ4v) is 4.64. The van der Waals surface area contributed by atoms with Crippen LogP contribution in [0, 0.1) is 5.92 Å². The van der Waals surface area contributed by atoms with Crippen LogP contribution in [-0.2, 0) is 30.7 Å². The third-order valence-corrected chi connectivity index (χ3v) is 5.91.